The quantitative estimate of drug-likeness (QED) is 0.589. The highest BCUT2D eigenvalue weighted by molar-refractivity contribution is 6.15. The molecule has 1 amide bonds. The van der Waals surface area contributed by atoms with Crippen LogP contribution >= 0.6 is 0 Å². The first-order valence-corrected chi connectivity index (χ1v) is 10.6. The van der Waals surface area contributed by atoms with Gasteiger partial charge in [-0.2, -0.15) is 0 Å². The molecule has 7 nitrogen and oxygen atoms in total. The normalized spacial score (nSPS) is 13.6. The number of benzene rings is 3. The van der Waals surface area contributed by atoms with Crippen LogP contribution in [0.5, 0.6) is 5.75 Å². The SMILES string of the molecule is CCOC(=O)c1cc(NC(=O)c2c(OC)ccc3ccccc23)ccc1N1CCOCC1. The number of esters is 1. The zero-order valence-electron chi connectivity index (χ0n) is 18.2. The Bertz CT molecular complexity index is 1140. The molecule has 0 radical (unpaired) electrons. The summed E-state index contributed by atoms with van der Waals surface area (Å²) in [5.41, 5.74) is 2.13. The highest BCUT2D eigenvalue weighted by Gasteiger charge is 2.22. The molecule has 0 atom stereocenters. The number of methoxy groups -OCH3 is 1. The molecule has 32 heavy (non-hydrogen) atoms. The second kappa shape index (κ2) is 9.70. The van der Waals surface area contributed by atoms with Crippen molar-refractivity contribution < 1.29 is 23.8 Å². The lowest BCUT2D eigenvalue weighted by Crippen LogP contribution is -2.37. The fourth-order valence-electron chi connectivity index (χ4n) is 3.92. The molecule has 166 valence electrons. The zero-order chi connectivity index (χ0) is 22.5. The van der Waals surface area contributed by atoms with Crippen LogP contribution < -0.4 is 15.0 Å². The molecule has 3 aromatic carbocycles. The standard InChI is InChI=1S/C25H26N2O5/c1-3-32-25(29)20-16-18(9-10-21(20)27-12-14-31-15-13-27)26-24(28)23-19-7-5-4-6-17(19)8-11-22(23)30-2/h4-11,16H,3,12-15H2,1-2H3,(H,26,28). The number of ether oxygens (including phenoxy) is 3. The van der Waals surface area contributed by atoms with E-state index >= 15 is 0 Å². The molecule has 0 spiro atoms. The fourth-order valence-corrected chi connectivity index (χ4v) is 3.92. The summed E-state index contributed by atoms with van der Waals surface area (Å²) in [6.45, 7) is 4.61. The van der Waals surface area contributed by atoms with Gasteiger partial charge in [-0.15, -0.1) is 0 Å². The van der Waals surface area contributed by atoms with Gasteiger partial charge in [-0.25, -0.2) is 4.79 Å². The van der Waals surface area contributed by atoms with Crippen LogP contribution in [0.3, 0.4) is 0 Å². The minimum atomic E-state index is -0.423. The fraction of sp³-hybridized carbons (Fsp3) is 0.280. The molecule has 1 aliphatic rings. The van der Waals surface area contributed by atoms with Crippen LogP contribution in [0, 0.1) is 0 Å². The summed E-state index contributed by atoms with van der Waals surface area (Å²) < 4.78 is 16.1. The molecule has 1 saturated heterocycles. The predicted molar refractivity (Wildman–Crippen MR) is 124 cm³/mol. The highest BCUT2D eigenvalue weighted by Crippen LogP contribution is 2.30. The molecule has 0 bridgehead atoms. The second-order valence-electron chi connectivity index (χ2n) is 7.37. The Balaban J connectivity index is 1.69. The van der Waals surface area contributed by atoms with E-state index in [2.05, 4.69) is 10.2 Å². The smallest absolute Gasteiger partial charge is 0.340 e. The third kappa shape index (κ3) is 4.38. The van der Waals surface area contributed by atoms with Gasteiger partial charge in [0.2, 0.25) is 0 Å². The number of hydrogen-bond donors (Lipinski definition) is 1. The maximum Gasteiger partial charge on any atom is 0.340 e. The number of nitrogens with one attached hydrogen (secondary N) is 1. The van der Waals surface area contributed by atoms with Crippen molar-refractivity contribution in [1.82, 2.24) is 0 Å². The molecule has 4 rings (SSSR count). The number of rotatable bonds is 6. The van der Waals surface area contributed by atoms with Crippen molar-refractivity contribution >= 4 is 34.0 Å². The monoisotopic (exact) mass is 434 g/mol. The molecule has 0 aromatic heterocycles. The van der Waals surface area contributed by atoms with Crippen molar-refractivity contribution in [2.75, 3.05) is 50.2 Å². The van der Waals surface area contributed by atoms with Gasteiger partial charge in [0.05, 0.1) is 43.7 Å². The number of carbonyl (C=O) groups excluding carboxylic acids is 2. The van der Waals surface area contributed by atoms with Gasteiger partial charge in [-0.3, -0.25) is 4.79 Å². The summed E-state index contributed by atoms with van der Waals surface area (Å²) in [5.74, 6) is -0.253. The molecular formula is C25H26N2O5. The number of morpholine rings is 1. The zero-order valence-corrected chi connectivity index (χ0v) is 18.2. The van der Waals surface area contributed by atoms with E-state index in [-0.39, 0.29) is 12.5 Å². The Morgan fingerprint density at radius 1 is 1.06 bits per heavy atom. The predicted octanol–water partition coefficient (Wildman–Crippen LogP) is 4.11. The van der Waals surface area contributed by atoms with E-state index in [0.717, 1.165) is 16.5 Å². The number of hydrogen-bond acceptors (Lipinski definition) is 6. The highest BCUT2D eigenvalue weighted by atomic mass is 16.5. The van der Waals surface area contributed by atoms with Crippen LogP contribution in [-0.2, 0) is 9.47 Å². The van der Waals surface area contributed by atoms with Gasteiger partial charge < -0.3 is 24.4 Å². The molecule has 0 unspecified atom stereocenters. The van der Waals surface area contributed by atoms with E-state index < -0.39 is 5.97 Å². The summed E-state index contributed by atoms with van der Waals surface area (Å²) in [4.78, 5) is 28.0. The first-order valence-electron chi connectivity index (χ1n) is 10.6. The molecular weight excluding hydrogens is 408 g/mol. The molecule has 1 aliphatic heterocycles. The molecule has 1 heterocycles. The molecule has 1 N–H and O–H groups in total. The van der Waals surface area contributed by atoms with E-state index in [9.17, 15) is 9.59 Å². The van der Waals surface area contributed by atoms with Gasteiger partial charge in [-0.1, -0.05) is 30.3 Å². The van der Waals surface area contributed by atoms with Crippen LogP contribution in [0.25, 0.3) is 10.8 Å². The Hall–Kier alpha value is -3.58. The molecule has 7 heteroatoms. The van der Waals surface area contributed by atoms with Gasteiger partial charge in [0.15, 0.2) is 0 Å². The maximum absolute atomic E-state index is 13.3. The molecule has 0 saturated carbocycles. The maximum atomic E-state index is 13.3. The van der Waals surface area contributed by atoms with Crippen LogP contribution in [0.15, 0.2) is 54.6 Å². The van der Waals surface area contributed by atoms with Crippen molar-refractivity contribution in [3.05, 3.63) is 65.7 Å². The van der Waals surface area contributed by atoms with Crippen molar-refractivity contribution in [1.29, 1.82) is 0 Å². The summed E-state index contributed by atoms with van der Waals surface area (Å²) in [6.07, 6.45) is 0. The summed E-state index contributed by atoms with van der Waals surface area (Å²) >= 11 is 0. The van der Waals surface area contributed by atoms with Crippen LogP contribution in [-0.4, -0.2) is 51.9 Å². The summed E-state index contributed by atoms with van der Waals surface area (Å²) in [7, 11) is 1.54. The van der Waals surface area contributed by atoms with Crippen LogP contribution in [0.2, 0.25) is 0 Å². The number of fused-ring (bicyclic) bond motifs is 1. The minimum absolute atomic E-state index is 0.269. The van der Waals surface area contributed by atoms with Gasteiger partial charge >= 0.3 is 5.97 Å². The van der Waals surface area contributed by atoms with E-state index in [4.69, 9.17) is 14.2 Å². The number of carbonyl (C=O) groups is 2. The topological polar surface area (TPSA) is 77.1 Å². The first kappa shape index (κ1) is 21.6. The molecule has 3 aromatic rings. The van der Waals surface area contributed by atoms with Crippen molar-refractivity contribution in [3.63, 3.8) is 0 Å². The van der Waals surface area contributed by atoms with Gasteiger partial charge in [0.1, 0.15) is 5.75 Å². The Morgan fingerprint density at radius 3 is 2.59 bits per heavy atom. The van der Waals surface area contributed by atoms with Crippen molar-refractivity contribution in [2.24, 2.45) is 0 Å². The number of nitrogens with zero attached hydrogens (tertiary/aromatic N) is 1. The Kier molecular flexibility index (Phi) is 6.56. The van der Waals surface area contributed by atoms with E-state index in [0.29, 0.717) is 48.9 Å². The average molecular weight is 434 g/mol. The lowest BCUT2D eigenvalue weighted by molar-refractivity contribution is 0.0526. The first-order chi connectivity index (χ1) is 15.6. The lowest BCUT2D eigenvalue weighted by Gasteiger charge is -2.30. The minimum Gasteiger partial charge on any atom is -0.496 e. The molecule has 0 aliphatic carbocycles. The average Bonchev–Trinajstić information content (AvgIpc) is 2.83. The van der Waals surface area contributed by atoms with E-state index in [1.165, 1.54) is 7.11 Å². The van der Waals surface area contributed by atoms with Gasteiger partial charge in [0.25, 0.3) is 5.91 Å². The third-order valence-electron chi connectivity index (χ3n) is 5.44. The summed E-state index contributed by atoms with van der Waals surface area (Å²) in [6, 6.07) is 16.6. The Labute approximate surface area is 186 Å². The number of amides is 1. The van der Waals surface area contributed by atoms with Gasteiger partial charge in [0, 0.05) is 18.8 Å². The lowest BCUT2D eigenvalue weighted by atomic mass is 10.0. The van der Waals surface area contributed by atoms with Gasteiger partial charge in [-0.05, 0) is 42.0 Å². The second-order valence-corrected chi connectivity index (χ2v) is 7.37. The van der Waals surface area contributed by atoms with Crippen molar-refractivity contribution in [3.8, 4) is 5.75 Å². The Morgan fingerprint density at radius 2 is 1.84 bits per heavy atom. The summed E-state index contributed by atoms with van der Waals surface area (Å²) in [5, 5.41) is 4.65. The van der Waals surface area contributed by atoms with E-state index in [1.54, 1.807) is 25.1 Å². The van der Waals surface area contributed by atoms with Crippen molar-refractivity contribution in [2.45, 2.75) is 6.92 Å². The third-order valence-corrected chi connectivity index (χ3v) is 5.44. The van der Waals surface area contributed by atoms with E-state index in [1.807, 2.05) is 36.4 Å². The number of anilines is 2. The largest absolute Gasteiger partial charge is 0.496 e. The molecule has 1 fully saturated rings. The van der Waals surface area contributed by atoms with Crippen LogP contribution in [0.1, 0.15) is 27.6 Å². The van der Waals surface area contributed by atoms with Crippen LogP contribution in [0.4, 0.5) is 11.4 Å².